The van der Waals surface area contributed by atoms with Gasteiger partial charge in [-0.3, -0.25) is 9.36 Å². The summed E-state index contributed by atoms with van der Waals surface area (Å²) < 4.78 is 70.3. The largest absolute Gasteiger partial charge is 0.417 e. The second kappa shape index (κ2) is 11.7. The molecule has 0 bridgehead atoms. The SMILES string of the molecule is C=CC(=O)N1[C@H](C)CN(c2nc(=O)n3c4c(c(-c5ccc(F)cc5)c(C(F)(F)F)cc24)SCC(OCOC)C3)C[C@@H]1C. The highest BCUT2D eigenvalue weighted by atomic mass is 32.2. The number of thioether (sulfide) groups is 1. The number of hydrogen-bond donors (Lipinski definition) is 0. The van der Waals surface area contributed by atoms with Gasteiger partial charge in [-0.2, -0.15) is 18.2 Å². The molecule has 2 aromatic carbocycles. The summed E-state index contributed by atoms with van der Waals surface area (Å²) in [6.45, 7) is 7.71. The molecule has 1 saturated heterocycles. The summed E-state index contributed by atoms with van der Waals surface area (Å²) in [7, 11) is 1.45. The van der Waals surface area contributed by atoms with E-state index in [9.17, 15) is 27.2 Å². The standard InChI is InChI=1S/C29H30F4N4O4S/c1-5-23(38)37-16(2)11-35(12-17(37)3)27-21-10-22(29(31,32)33)24(18-6-8-19(30)9-7-18)26-25(21)36(28(39)34-27)13-20(14-42-26)41-15-40-4/h5-10,16-17,20H,1,11-15H2,2-4H3/t16-,17+,20?. The van der Waals surface area contributed by atoms with Gasteiger partial charge in [0.05, 0.1) is 23.7 Å². The van der Waals surface area contributed by atoms with Crippen LogP contribution < -0.4 is 10.6 Å². The van der Waals surface area contributed by atoms with Crippen molar-refractivity contribution in [2.75, 3.05) is 37.6 Å². The van der Waals surface area contributed by atoms with Gasteiger partial charge < -0.3 is 19.3 Å². The average Bonchev–Trinajstić information content (AvgIpc) is 3.13. The number of aromatic nitrogens is 2. The molecule has 1 fully saturated rings. The van der Waals surface area contributed by atoms with Crippen molar-refractivity contribution < 1.29 is 31.8 Å². The van der Waals surface area contributed by atoms with E-state index in [0.717, 1.165) is 30.0 Å². The van der Waals surface area contributed by atoms with Crippen LogP contribution in [-0.2, 0) is 27.0 Å². The summed E-state index contributed by atoms with van der Waals surface area (Å²) >= 11 is 1.14. The second-order valence-electron chi connectivity index (χ2n) is 10.4. The third kappa shape index (κ3) is 5.52. The van der Waals surface area contributed by atoms with Gasteiger partial charge in [-0.15, -0.1) is 11.8 Å². The van der Waals surface area contributed by atoms with Crippen molar-refractivity contribution >= 4 is 34.4 Å². The highest BCUT2D eigenvalue weighted by molar-refractivity contribution is 7.99. The molecule has 1 unspecified atom stereocenters. The lowest BCUT2D eigenvalue weighted by Gasteiger charge is -2.44. The number of benzene rings is 2. The van der Waals surface area contributed by atoms with Gasteiger partial charge in [0.1, 0.15) is 18.4 Å². The smallest absolute Gasteiger partial charge is 0.359 e. The summed E-state index contributed by atoms with van der Waals surface area (Å²) in [4.78, 5) is 34.1. The minimum atomic E-state index is -4.78. The van der Waals surface area contributed by atoms with Gasteiger partial charge in [0.15, 0.2) is 0 Å². The number of nitrogens with zero attached hydrogens (tertiary/aromatic N) is 4. The van der Waals surface area contributed by atoms with Crippen molar-refractivity contribution in [3.05, 3.63) is 64.9 Å². The zero-order valence-electron chi connectivity index (χ0n) is 23.3. The number of piperazine rings is 1. The Balaban J connectivity index is 1.79. The number of rotatable bonds is 6. The summed E-state index contributed by atoms with van der Waals surface area (Å²) in [5.74, 6) is -0.482. The van der Waals surface area contributed by atoms with Crippen molar-refractivity contribution in [3.63, 3.8) is 0 Å². The first-order valence-corrected chi connectivity index (χ1v) is 14.3. The van der Waals surface area contributed by atoms with E-state index in [4.69, 9.17) is 9.47 Å². The normalized spacial score (nSPS) is 21.0. The molecule has 0 spiro atoms. The van der Waals surface area contributed by atoms with Crippen molar-refractivity contribution in [1.29, 1.82) is 0 Å². The number of anilines is 1. The molecule has 3 heterocycles. The number of hydrogen-bond acceptors (Lipinski definition) is 7. The molecule has 0 N–H and O–H groups in total. The van der Waals surface area contributed by atoms with Crippen LogP contribution in [0.2, 0.25) is 0 Å². The van der Waals surface area contributed by atoms with Gasteiger partial charge in [-0.1, -0.05) is 18.7 Å². The summed E-state index contributed by atoms with van der Waals surface area (Å²) in [6, 6.07) is 5.20. The molecule has 1 aromatic heterocycles. The molecule has 3 atom stereocenters. The predicted molar refractivity (Wildman–Crippen MR) is 152 cm³/mol. The van der Waals surface area contributed by atoms with Crippen molar-refractivity contribution in [2.24, 2.45) is 0 Å². The fourth-order valence-corrected chi connectivity index (χ4v) is 7.09. The molecule has 2 aliphatic heterocycles. The number of carbonyl (C=O) groups excluding carboxylic acids is 1. The van der Waals surface area contributed by atoms with E-state index >= 15 is 0 Å². The Labute approximate surface area is 243 Å². The second-order valence-corrected chi connectivity index (χ2v) is 11.4. The molecular formula is C29H30F4N4O4S. The molecule has 2 aliphatic rings. The van der Waals surface area contributed by atoms with E-state index in [0.29, 0.717) is 5.52 Å². The molecule has 8 nitrogen and oxygen atoms in total. The van der Waals surface area contributed by atoms with E-state index in [-0.39, 0.29) is 77.4 Å². The maximum Gasteiger partial charge on any atom is 0.417 e. The molecular weight excluding hydrogens is 576 g/mol. The van der Waals surface area contributed by atoms with Crippen molar-refractivity contribution in [2.45, 2.75) is 49.7 Å². The van der Waals surface area contributed by atoms with E-state index in [2.05, 4.69) is 11.6 Å². The fourth-order valence-electron chi connectivity index (χ4n) is 5.80. The maximum absolute atomic E-state index is 14.8. The van der Waals surface area contributed by atoms with E-state index in [1.807, 2.05) is 13.8 Å². The number of carbonyl (C=O) groups is 1. The summed E-state index contributed by atoms with van der Waals surface area (Å²) in [5.41, 5.74) is -1.23. The molecule has 3 aromatic rings. The molecule has 1 amide bonds. The monoisotopic (exact) mass is 606 g/mol. The highest BCUT2D eigenvalue weighted by Crippen LogP contribution is 2.48. The third-order valence-corrected chi connectivity index (χ3v) is 8.73. The first-order chi connectivity index (χ1) is 19.9. The van der Waals surface area contributed by atoms with Crippen LogP contribution in [0.3, 0.4) is 0 Å². The molecule has 224 valence electrons. The summed E-state index contributed by atoms with van der Waals surface area (Å²) in [6.07, 6.45) is -4.11. The maximum atomic E-state index is 14.8. The summed E-state index contributed by atoms with van der Waals surface area (Å²) in [5, 5.41) is 0.158. The van der Waals surface area contributed by atoms with E-state index in [1.54, 1.807) is 9.80 Å². The van der Waals surface area contributed by atoms with Crippen LogP contribution >= 0.6 is 11.8 Å². The van der Waals surface area contributed by atoms with Gasteiger partial charge in [-0.05, 0) is 43.7 Å². The predicted octanol–water partition coefficient (Wildman–Crippen LogP) is 4.93. The Kier molecular flexibility index (Phi) is 8.37. The lowest BCUT2D eigenvalue weighted by atomic mass is 9.96. The Morgan fingerprint density at radius 1 is 1.17 bits per heavy atom. The average molecular weight is 607 g/mol. The number of halogens is 4. The highest BCUT2D eigenvalue weighted by Gasteiger charge is 2.39. The van der Waals surface area contributed by atoms with Crippen LogP contribution in [0.25, 0.3) is 22.0 Å². The zero-order chi connectivity index (χ0) is 30.3. The quantitative estimate of drug-likeness (QED) is 0.224. The van der Waals surface area contributed by atoms with Gasteiger partial charge in [0.25, 0.3) is 0 Å². The Morgan fingerprint density at radius 3 is 2.43 bits per heavy atom. The number of ether oxygens (including phenoxy) is 2. The number of alkyl halides is 3. The first kappa shape index (κ1) is 30.1. The molecule has 5 rings (SSSR count). The van der Waals surface area contributed by atoms with Crippen LogP contribution in [0.15, 0.2) is 52.7 Å². The van der Waals surface area contributed by atoms with Crippen molar-refractivity contribution in [1.82, 2.24) is 14.5 Å². The lowest BCUT2D eigenvalue weighted by molar-refractivity contribution is -0.137. The van der Waals surface area contributed by atoms with Crippen LogP contribution in [0, 0.1) is 5.82 Å². The van der Waals surface area contributed by atoms with E-state index in [1.165, 1.54) is 29.9 Å². The number of amides is 1. The first-order valence-electron chi connectivity index (χ1n) is 13.3. The molecule has 0 aliphatic carbocycles. The van der Waals surface area contributed by atoms with Gasteiger partial charge in [-0.25, -0.2) is 9.18 Å². The molecule has 13 heteroatoms. The molecule has 0 saturated carbocycles. The van der Waals surface area contributed by atoms with Crippen LogP contribution in [-0.4, -0.2) is 71.3 Å². The number of methoxy groups -OCH3 is 1. The minimum absolute atomic E-state index is 0.0502. The Hall–Kier alpha value is -3.42. The molecule has 42 heavy (non-hydrogen) atoms. The van der Waals surface area contributed by atoms with Crippen molar-refractivity contribution in [3.8, 4) is 11.1 Å². The van der Waals surface area contributed by atoms with Crippen LogP contribution in [0.1, 0.15) is 19.4 Å². The topological polar surface area (TPSA) is 76.9 Å². The van der Waals surface area contributed by atoms with E-state index < -0.39 is 29.4 Å². The van der Waals surface area contributed by atoms with Gasteiger partial charge >= 0.3 is 11.9 Å². The lowest BCUT2D eigenvalue weighted by Crippen LogP contribution is -2.58. The molecule has 0 radical (unpaired) electrons. The fraction of sp³-hybridized carbons (Fsp3) is 0.414. The minimum Gasteiger partial charge on any atom is -0.359 e. The third-order valence-electron chi connectivity index (χ3n) is 7.51. The van der Waals surface area contributed by atoms with Gasteiger partial charge in [0, 0.05) is 53.9 Å². The Bertz CT molecular complexity index is 1570. The van der Waals surface area contributed by atoms with Crippen LogP contribution in [0.4, 0.5) is 23.4 Å². The Morgan fingerprint density at radius 2 is 1.83 bits per heavy atom. The zero-order valence-corrected chi connectivity index (χ0v) is 24.1. The van der Waals surface area contributed by atoms with Crippen LogP contribution in [0.5, 0.6) is 0 Å². The van der Waals surface area contributed by atoms with Gasteiger partial charge in [0.2, 0.25) is 5.91 Å².